The maximum absolute atomic E-state index is 12.8. The first-order valence-corrected chi connectivity index (χ1v) is 10.1. The fourth-order valence-electron chi connectivity index (χ4n) is 3.68. The highest BCUT2D eigenvalue weighted by Crippen LogP contribution is 2.32. The van der Waals surface area contributed by atoms with Gasteiger partial charge in [0.1, 0.15) is 5.69 Å². The van der Waals surface area contributed by atoms with E-state index in [-0.39, 0.29) is 11.9 Å². The first-order valence-electron chi connectivity index (χ1n) is 10.1. The molecule has 9 nitrogen and oxygen atoms in total. The number of morpholine rings is 1. The molecule has 1 unspecified atom stereocenters. The Balaban J connectivity index is 1.50. The fourth-order valence-corrected chi connectivity index (χ4v) is 3.68. The minimum Gasteiger partial charge on any atom is -0.493 e. The van der Waals surface area contributed by atoms with Gasteiger partial charge in [-0.2, -0.15) is 5.10 Å². The number of benzene rings is 1. The van der Waals surface area contributed by atoms with Crippen LogP contribution in [0.5, 0.6) is 11.5 Å². The number of hydrogen-bond acceptors (Lipinski definition) is 7. The summed E-state index contributed by atoms with van der Waals surface area (Å²) in [5, 5.41) is 9.97. The molecule has 31 heavy (non-hydrogen) atoms. The molecule has 1 aliphatic heterocycles. The number of carbonyl (C=O) groups excluding carboxylic acids is 1. The molecular formula is C22H26N4O5. The van der Waals surface area contributed by atoms with E-state index in [2.05, 4.69) is 20.4 Å². The molecule has 0 spiro atoms. The van der Waals surface area contributed by atoms with E-state index in [9.17, 15) is 4.79 Å². The number of nitrogens with one attached hydrogen (secondary N) is 2. The second kappa shape index (κ2) is 9.67. The number of nitrogens with zero attached hydrogens (tertiary/aromatic N) is 2. The van der Waals surface area contributed by atoms with Gasteiger partial charge in [0, 0.05) is 25.7 Å². The van der Waals surface area contributed by atoms with Gasteiger partial charge >= 0.3 is 0 Å². The Morgan fingerprint density at radius 1 is 1.19 bits per heavy atom. The van der Waals surface area contributed by atoms with Crippen molar-refractivity contribution in [2.24, 2.45) is 0 Å². The van der Waals surface area contributed by atoms with Crippen molar-refractivity contribution in [1.82, 2.24) is 20.4 Å². The molecule has 164 valence electrons. The van der Waals surface area contributed by atoms with Crippen LogP contribution in [0.3, 0.4) is 0 Å². The van der Waals surface area contributed by atoms with E-state index in [1.165, 1.54) is 0 Å². The molecule has 1 aliphatic rings. The third-order valence-electron chi connectivity index (χ3n) is 5.33. The van der Waals surface area contributed by atoms with Crippen LogP contribution in [-0.2, 0) is 4.74 Å². The van der Waals surface area contributed by atoms with E-state index in [0.717, 1.165) is 18.7 Å². The van der Waals surface area contributed by atoms with Crippen LogP contribution in [0.25, 0.3) is 11.5 Å². The van der Waals surface area contributed by atoms with Crippen LogP contribution in [-0.4, -0.2) is 68.1 Å². The summed E-state index contributed by atoms with van der Waals surface area (Å²) < 4.78 is 21.7. The lowest BCUT2D eigenvalue weighted by atomic mass is 10.0. The van der Waals surface area contributed by atoms with Gasteiger partial charge in [0.15, 0.2) is 23.0 Å². The van der Waals surface area contributed by atoms with Crippen LogP contribution < -0.4 is 14.8 Å². The van der Waals surface area contributed by atoms with Gasteiger partial charge in [-0.15, -0.1) is 0 Å². The van der Waals surface area contributed by atoms with E-state index in [1.807, 2.05) is 18.2 Å². The zero-order valence-electron chi connectivity index (χ0n) is 17.6. The normalized spacial score (nSPS) is 15.4. The molecule has 2 aromatic heterocycles. The lowest BCUT2D eigenvalue weighted by Crippen LogP contribution is -2.43. The first-order chi connectivity index (χ1) is 15.2. The Labute approximate surface area is 180 Å². The number of methoxy groups -OCH3 is 2. The van der Waals surface area contributed by atoms with E-state index in [4.69, 9.17) is 18.6 Å². The van der Waals surface area contributed by atoms with Gasteiger partial charge < -0.3 is 23.9 Å². The van der Waals surface area contributed by atoms with Crippen molar-refractivity contribution >= 4 is 5.91 Å². The number of aromatic amines is 1. The van der Waals surface area contributed by atoms with Crippen LogP contribution in [0.15, 0.2) is 47.1 Å². The largest absolute Gasteiger partial charge is 0.493 e. The highest BCUT2D eigenvalue weighted by molar-refractivity contribution is 5.93. The van der Waals surface area contributed by atoms with Gasteiger partial charge in [-0.1, -0.05) is 6.07 Å². The summed E-state index contributed by atoms with van der Waals surface area (Å²) in [7, 11) is 3.22. The van der Waals surface area contributed by atoms with E-state index >= 15 is 0 Å². The number of ether oxygens (including phenoxy) is 3. The van der Waals surface area contributed by atoms with Crippen molar-refractivity contribution in [3.63, 3.8) is 0 Å². The topological polar surface area (TPSA) is 102 Å². The monoisotopic (exact) mass is 426 g/mol. The van der Waals surface area contributed by atoms with Crippen LogP contribution >= 0.6 is 0 Å². The Morgan fingerprint density at radius 2 is 2.00 bits per heavy atom. The average Bonchev–Trinajstić information content (AvgIpc) is 3.52. The Kier molecular flexibility index (Phi) is 6.54. The van der Waals surface area contributed by atoms with Crippen LogP contribution in [0.1, 0.15) is 22.1 Å². The minimum atomic E-state index is -0.257. The second-order valence-corrected chi connectivity index (χ2v) is 7.13. The zero-order valence-corrected chi connectivity index (χ0v) is 17.6. The first kappa shape index (κ1) is 21.0. The number of aromatic nitrogens is 2. The fraction of sp³-hybridized carbons (Fsp3) is 0.364. The molecule has 0 radical (unpaired) electrons. The van der Waals surface area contributed by atoms with Crippen molar-refractivity contribution in [3.8, 4) is 23.0 Å². The number of H-pyrrole nitrogens is 1. The van der Waals surface area contributed by atoms with Crippen LogP contribution in [0, 0.1) is 0 Å². The smallest absolute Gasteiger partial charge is 0.271 e. The summed E-state index contributed by atoms with van der Waals surface area (Å²) in [5.41, 5.74) is 1.98. The number of rotatable bonds is 8. The summed E-state index contributed by atoms with van der Waals surface area (Å²) in [4.78, 5) is 15.1. The van der Waals surface area contributed by atoms with Crippen molar-refractivity contribution < 1.29 is 23.4 Å². The van der Waals surface area contributed by atoms with Gasteiger partial charge in [-0.05, 0) is 29.8 Å². The highest BCUT2D eigenvalue weighted by atomic mass is 16.5. The zero-order chi connectivity index (χ0) is 21.6. The number of amides is 1. The lowest BCUT2D eigenvalue weighted by Gasteiger charge is -2.35. The van der Waals surface area contributed by atoms with Gasteiger partial charge in [-0.3, -0.25) is 14.8 Å². The maximum Gasteiger partial charge on any atom is 0.271 e. The highest BCUT2D eigenvalue weighted by Gasteiger charge is 2.25. The molecule has 1 atom stereocenters. The molecule has 0 bridgehead atoms. The Bertz CT molecular complexity index is 995. The molecule has 2 N–H and O–H groups in total. The molecule has 1 saturated heterocycles. The van der Waals surface area contributed by atoms with Crippen molar-refractivity contribution in [3.05, 3.63) is 53.9 Å². The van der Waals surface area contributed by atoms with Gasteiger partial charge in [0.25, 0.3) is 5.91 Å². The lowest BCUT2D eigenvalue weighted by molar-refractivity contribution is 0.0161. The SMILES string of the molecule is COc1ccc(C(CNC(=O)c2cc(-c3ccco3)[nH]n2)N2CCOCC2)cc1OC. The molecule has 1 fully saturated rings. The standard InChI is InChI=1S/C22H26N4O5/c1-28-20-6-5-15(12-21(20)29-2)18(26-7-10-30-11-8-26)14-23-22(27)17-13-16(24-25-17)19-4-3-9-31-19/h3-6,9,12-13,18H,7-8,10-11,14H2,1-2H3,(H,23,27)(H,24,25). The van der Waals surface area contributed by atoms with E-state index in [1.54, 1.807) is 38.7 Å². The number of hydrogen-bond donors (Lipinski definition) is 2. The predicted octanol–water partition coefficient (Wildman–Crippen LogP) is 2.49. The van der Waals surface area contributed by atoms with Crippen molar-refractivity contribution in [2.45, 2.75) is 6.04 Å². The summed E-state index contributed by atoms with van der Waals surface area (Å²) in [5.74, 6) is 1.69. The third kappa shape index (κ3) is 4.73. The van der Waals surface area contributed by atoms with Crippen LogP contribution in [0.4, 0.5) is 0 Å². The second-order valence-electron chi connectivity index (χ2n) is 7.13. The third-order valence-corrected chi connectivity index (χ3v) is 5.33. The summed E-state index contributed by atoms with van der Waals surface area (Å²) in [6, 6.07) is 11.1. The number of carbonyl (C=O) groups is 1. The molecule has 9 heteroatoms. The maximum atomic E-state index is 12.8. The summed E-state index contributed by atoms with van der Waals surface area (Å²) in [6.45, 7) is 3.28. The van der Waals surface area contributed by atoms with Crippen molar-refractivity contribution in [2.75, 3.05) is 47.1 Å². The molecule has 0 aliphatic carbocycles. The molecule has 1 amide bonds. The average molecular weight is 426 g/mol. The van der Waals surface area contributed by atoms with E-state index < -0.39 is 0 Å². The predicted molar refractivity (Wildman–Crippen MR) is 113 cm³/mol. The summed E-state index contributed by atoms with van der Waals surface area (Å²) in [6.07, 6.45) is 1.58. The molecule has 1 aromatic carbocycles. The van der Waals surface area contributed by atoms with Crippen molar-refractivity contribution in [1.29, 1.82) is 0 Å². The Hall–Kier alpha value is -3.30. The molecule has 3 aromatic rings. The summed E-state index contributed by atoms with van der Waals surface area (Å²) >= 11 is 0. The van der Waals surface area contributed by atoms with E-state index in [0.29, 0.717) is 48.4 Å². The molecule has 4 rings (SSSR count). The number of furan rings is 1. The molecule has 0 saturated carbocycles. The quantitative estimate of drug-likeness (QED) is 0.571. The molecule has 3 heterocycles. The minimum absolute atomic E-state index is 0.0452. The van der Waals surface area contributed by atoms with Gasteiger partial charge in [0.05, 0.1) is 39.7 Å². The molecular weight excluding hydrogens is 400 g/mol. The Morgan fingerprint density at radius 3 is 2.71 bits per heavy atom. The van der Waals surface area contributed by atoms with Crippen LogP contribution in [0.2, 0.25) is 0 Å². The van der Waals surface area contributed by atoms with Gasteiger partial charge in [-0.25, -0.2) is 0 Å². The van der Waals surface area contributed by atoms with Gasteiger partial charge in [0.2, 0.25) is 0 Å².